The molecule has 6 nitrogen and oxygen atoms in total. The van der Waals surface area contributed by atoms with Crippen molar-refractivity contribution in [3.63, 3.8) is 0 Å². The van der Waals surface area contributed by atoms with E-state index in [0.717, 1.165) is 0 Å². The van der Waals surface area contributed by atoms with Crippen LogP contribution in [-0.2, 0) is 4.79 Å². The van der Waals surface area contributed by atoms with Crippen LogP contribution in [0.1, 0.15) is 12.5 Å². The predicted octanol–water partition coefficient (Wildman–Crippen LogP) is 1.19. The lowest BCUT2D eigenvalue weighted by molar-refractivity contribution is -0.385. The highest BCUT2D eigenvalue weighted by Gasteiger charge is 2.12. The van der Waals surface area contributed by atoms with Gasteiger partial charge >= 0.3 is 0 Å². The third-order valence-electron chi connectivity index (χ3n) is 2.07. The molecule has 1 amide bonds. The van der Waals surface area contributed by atoms with Crippen LogP contribution in [0.3, 0.4) is 0 Å². The quantitative estimate of drug-likeness (QED) is 0.593. The van der Waals surface area contributed by atoms with Crippen molar-refractivity contribution < 1.29 is 9.72 Å². The number of hydrogen-bond donors (Lipinski definition) is 2. The summed E-state index contributed by atoms with van der Waals surface area (Å²) >= 11 is 0. The topological polar surface area (TPSA) is 98.3 Å². The van der Waals surface area contributed by atoms with Gasteiger partial charge in [-0.05, 0) is 26.0 Å². The Morgan fingerprint density at radius 2 is 2.19 bits per heavy atom. The maximum atomic E-state index is 11.3. The third-order valence-corrected chi connectivity index (χ3v) is 2.07. The summed E-state index contributed by atoms with van der Waals surface area (Å²) in [5.74, 6) is -0.326. The minimum absolute atomic E-state index is 0.0267. The number of nitrogens with one attached hydrogen (secondary N) is 1. The van der Waals surface area contributed by atoms with Gasteiger partial charge in [0.05, 0.1) is 11.0 Å². The van der Waals surface area contributed by atoms with E-state index >= 15 is 0 Å². The summed E-state index contributed by atoms with van der Waals surface area (Å²) in [6, 6.07) is 3.76. The average Bonchev–Trinajstić information content (AvgIpc) is 2.16. The summed E-state index contributed by atoms with van der Waals surface area (Å²) in [5, 5.41) is 13.1. The Balaban J connectivity index is 2.90. The summed E-state index contributed by atoms with van der Waals surface area (Å²) in [7, 11) is 0. The molecule has 1 rings (SSSR count). The van der Waals surface area contributed by atoms with Crippen molar-refractivity contribution in [3.8, 4) is 0 Å². The van der Waals surface area contributed by atoms with E-state index < -0.39 is 11.0 Å². The zero-order chi connectivity index (χ0) is 12.3. The second kappa shape index (κ2) is 4.71. The summed E-state index contributed by atoms with van der Waals surface area (Å²) in [6.45, 7) is 3.17. The number of carbonyl (C=O) groups excluding carboxylic acids is 1. The van der Waals surface area contributed by atoms with Crippen molar-refractivity contribution in [3.05, 3.63) is 33.9 Å². The number of nitrogens with zero attached hydrogens (tertiary/aromatic N) is 1. The Labute approximate surface area is 92.6 Å². The van der Waals surface area contributed by atoms with Crippen molar-refractivity contribution in [2.75, 3.05) is 5.32 Å². The number of amides is 1. The first-order valence-electron chi connectivity index (χ1n) is 4.73. The number of aryl methyl sites for hydroxylation is 1. The van der Waals surface area contributed by atoms with Gasteiger partial charge in [-0.3, -0.25) is 14.9 Å². The van der Waals surface area contributed by atoms with Crippen LogP contribution in [0.4, 0.5) is 11.4 Å². The molecule has 0 fully saturated rings. The van der Waals surface area contributed by atoms with Crippen molar-refractivity contribution in [1.82, 2.24) is 0 Å². The second-order valence-electron chi connectivity index (χ2n) is 3.54. The molecule has 3 N–H and O–H groups in total. The minimum Gasteiger partial charge on any atom is -0.325 e. The highest BCUT2D eigenvalue weighted by molar-refractivity contribution is 5.94. The van der Waals surface area contributed by atoms with Crippen LogP contribution in [0.5, 0.6) is 0 Å². The van der Waals surface area contributed by atoms with Gasteiger partial charge in [-0.2, -0.15) is 0 Å². The largest absolute Gasteiger partial charge is 0.325 e. The Kier molecular flexibility index (Phi) is 3.57. The molecule has 0 aliphatic rings. The zero-order valence-electron chi connectivity index (χ0n) is 9.06. The number of nitrogens with two attached hydrogens (primary N) is 1. The first-order valence-corrected chi connectivity index (χ1v) is 4.73. The molecule has 0 bridgehead atoms. The summed E-state index contributed by atoms with van der Waals surface area (Å²) in [4.78, 5) is 21.4. The first kappa shape index (κ1) is 12.1. The Morgan fingerprint density at radius 3 is 2.62 bits per heavy atom. The van der Waals surface area contributed by atoms with Gasteiger partial charge in [0.25, 0.3) is 5.69 Å². The standard InChI is InChI=1S/C10H13N3O3/c1-6-5-8(12-10(14)7(2)11)3-4-9(6)13(15)16/h3-5,7H,11H2,1-2H3,(H,12,14). The van der Waals surface area contributed by atoms with Gasteiger partial charge in [-0.25, -0.2) is 0 Å². The normalized spacial score (nSPS) is 11.9. The van der Waals surface area contributed by atoms with Crippen LogP contribution in [0, 0.1) is 17.0 Å². The molecule has 0 heterocycles. The van der Waals surface area contributed by atoms with E-state index in [1.807, 2.05) is 0 Å². The van der Waals surface area contributed by atoms with Crippen LogP contribution in [0.2, 0.25) is 0 Å². The number of carbonyl (C=O) groups is 1. The van der Waals surface area contributed by atoms with Crippen molar-refractivity contribution in [1.29, 1.82) is 0 Å². The maximum Gasteiger partial charge on any atom is 0.272 e. The lowest BCUT2D eigenvalue weighted by atomic mass is 10.2. The van der Waals surface area contributed by atoms with Crippen LogP contribution >= 0.6 is 0 Å². The van der Waals surface area contributed by atoms with E-state index in [1.54, 1.807) is 19.9 Å². The molecule has 0 saturated heterocycles. The number of nitro benzene ring substituents is 1. The van der Waals surface area contributed by atoms with Gasteiger partial charge in [-0.1, -0.05) is 0 Å². The highest BCUT2D eigenvalue weighted by atomic mass is 16.6. The minimum atomic E-state index is -0.615. The molecule has 0 spiro atoms. The molecule has 0 aliphatic carbocycles. The van der Waals surface area contributed by atoms with E-state index in [9.17, 15) is 14.9 Å². The maximum absolute atomic E-state index is 11.3. The number of anilines is 1. The molecule has 1 unspecified atom stereocenters. The molecule has 1 atom stereocenters. The molecule has 16 heavy (non-hydrogen) atoms. The van der Waals surface area contributed by atoms with Gasteiger partial charge in [0.15, 0.2) is 0 Å². The summed E-state index contributed by atoms with van der Waals surface area (Å²) in [5.41, 5.74) is 6.40. The molecule has 0 aromatic heterocycles. The van der Waals surface area contributed by atoms with Gasteiger partial charge < -0.3 is 11.1 Å². The Bertz CT molecular complexity index is 429. The van der Waals surface area contributed by atoms with E-state index in [0.29, 0.717) is 11.3 Å². The third kappa shape index (κ3) is 2.77. The van der Waals surface area contributed by atoms with Crippen LogP contribution in [0.15, 0.2) is 18.2 Å². The first-order chi connectivity index (χ1) is 7.41. The van der Waals surface area contributed by atoms with Gasteiger partial charge in [0.2, 0.25) is 5.91 Å². The smallest absolute Gasteiger partial charge is 0.272 e. The fraction of sp³-hybridized carbons (Fsp3) is 0.300. The molecular formula is C10H13N3O3. The SMILES string of the molecule is Cc1cc(NC(=O)C(C)N)ccc1[N+](=O)[O-]. The second-order valence-corrected chi connectivity index (χ2v) is 3.54. The monoisotopic (exact) mass is 223 g/mol. The van der Waals surface area contributed by atoms with Crippen LogP contribution < -0.4 is 11.1 Å². The Hall–Kier alpha value is -1.95. The van der Waals surface area contributed by atoms with Crippen molar-refractivity contribution >= 4 is 17.3 Å². The van der Waals surface area contributed by atoms with Gasteiger partial charge in [-0.15, -0.1) is 0 Å². The van der Waals surface area contributed by atoms with Gasteiger partial charge in [0, 0.05) is 17.3 Å². The number of benzene rings is 1. The molecule has 1 aromatic rings. The molecule has 0 saturated carbocycles. The lowest BCUT2D eigenvalue weighted by Crippen LogP contribution is -2.32. The average molecular weight is 223 g/mol. The highest BCUT2D eigenvalue weighted by Crippen LogP contribution is 2.21. The van der Waals surface area contributed by atoms with E-state index in [2.05, 4.69) is 5.32 Å². The number of rotatable bonds is 3. The summed E-state index contributed by atoms with van der Waals surface area (Å²) < 4.78 is 0. The molecule has 0 radical (unpaired) electrons. The van der Waals surface area contributed by atoms with Crippen LogP contribution in [0.25, 0.3) is 0 Å². The summed E-state index contributed by atoms with van der Waals surface area (Å²) in [6.07, 6.45) is 0. The van der Waals surface area contributed by atoms with E-state index in [1.165, 1.54) is 12.1 Å². The number of nitro groups is 1. The van der Waals surface area contributed by atoms with Crippen molar-refractivity contribution in [2.24, 2.45) is 5.73 Å². The fourth-order valence-corrected chi connectivity index (χ4v) is 1.19. The Morgan fingerprint density at radius 1 is 1.56 bits per heavy atom. The van der Waals surface area contributed by atoms with Crippen molar-refractivity contribution in [2.45, 2.75) is 19.9 Å². The molecule has 1 aromatic carbocycles. The van der Waals surface area contributed by atoms with E-state index in [-0.39, 0.29) is 11.6 Å². The predicted molar refractivity (Wildman–Crippen MR) is 60.1 cm³/mol. The van der Waals surface area contributed by atoms with Crippen LogP contribution in [-0.4, -0.2) is 16.9 Å². The zero-order valence-corrected chi connectivity index (χ0v) is 9.06. The molecule has 86 valence electrons. The number of hydrogen-bond acceptors (Lipinski definition) is 4. The van der Waals surface area contributed by atoms with Gasteiger partial charge in [0.1, 0.15) is 0 Å². The molecule has 0 aliphatic heterocycles. The van der Waals surface area contributed by atoms with E-state index in [4.69, 9.17) is 5.73 Å². The lowest BCUT2D eigenvalue weighted by Gasteiger charge is -2.08. The molecular weight excluding hydrogens is 210 g/mol. The molecule has 6 heteroatoms. The fourth-order valence-electron chi connectivity index (χ4n) is 1.19.